The molecule has 0 spiro atoms. The second-order valence-corrected chi connectivity index (χ2v) is 4.98. The molecule has 1 aromatic rings. The average molecular weight is 331 g/mol. The van der Waals surface area contributed by atoms with Gasteiger partial charge in [-0.25, -0.2) is 0 Å². The van der Waals surface area contributed by atoms with Gasteiger partial charge in [0.1, 0.15) is 5.78 Å². The molecule has 0 saturated heterocycles. The molecule has 2 nitrogen and oxygen atoms in total. The minimum Gasteiger partial charge on any atom is -0.316 e. The fraction of sp³-hybridized carbons (Fsp3) is 0.462. The van der Waals surface area contributed by atoms with E-state index in [0.29, 0.717) is 12.2 Å². The van der Waals surface area contributed by atoms with Crippen molar-refractivity contribution in [2.75, 3.05) is 13.1 Å². The van der Waals surface area contributed by atoms with Crippen LogP contribution in [0.4, 0.5) is 0 Å². The summed E-state index contributed by atoms with van der Waals surface area (Å²) in [6.45, 7) is 5.62. The molecular formula is C13H18INO. The third-order valence-corrected chi connectivity index (χ3v) is 3.33. The summed E-state index contributed by atoms with van der Waals surface area (Å²) in [5.41, 5.74) is 1.12. The highest BCUT2D eigenvalue weighted by Crippen LogP contribution is 2.19. The molecule has 0 bridgehead atoms. The molecule has 0 fully saturated rings. The number of carbonyl (C=O) groups excluding carboxylic acids is 1. The van der Waals surface area contributed by atoms with Crippen molar-refractivity contribution >= 4 is 28.4 Å². The molecule has 1 unspecified atom stereocenters. The molecule has 0 radical (unpaired) electrons. The maximum atomic E-state index is 11.9. The van der Waals surface area contributed by atoms with Crippen LogP contribution in [0.2, 0.25) is 0 Å². The molecule has 3 heteroatoms. The molecule has 1 N–H and O–H groups in total. The lowest BCUT2D eigenvalue weighted by molar-refractivity contribution is -0.120. The van der Waals surface area contributed by atoms with Crippen LogP contribution in [0.25, 0.3) is 0 Å². The smallest absolute Gasteiger partial charge is 0.141 e. The van der Waals surface area contributed by atoms with Crippen molar-refractivity contribution < 1.29 is 4.79 Å². The standard InChI is InChI=1S/C13H18INO/c1-3-13(16)12(9-15-4-2)10-5-7-11(14)8-6-10/h5-8,12,15H,3-4,9H2,1-2H3. The topological polar surface area (TPSA) is 29.1 Å². The number of benzene rings is 1. The maximum Gasteiger partial charge on any atom is 0.141 e. The summed E-state index contributed by atoms with van der Waals surface area (Å²) in [4.78, 5) is 11.9. The van der Waals surface area contributed by atoms with Crippen molar-refractivity contribution in [3.63, 3.8) is 0 Å². The quantitative estimate of drug-likeness (QED) is 0.812. The molecule has 0 aliphatic carbocycles. The van der Waals surface area contributed by atoms with E-state index >= 15 is 0 Å². The number of Topliss-reactive ketones (excluding diaryl/α,β-unsaturated/α-hetero) is 1. The lowest BCUT2D eigenvalue weighted by Gasteiger charge is -2.15. The van der Waals surface area contributed by atoms with Gasteiger partial charge in [-0.2, -0.15) is 0 Å². The first-order chi connectivity index (χ1) is 7.69. The van der Waals surface area contributed by atoms with Crippen LogP contribution in [0.1, 0.15) is 31.7 Å². The Morgan fingerprint density at radius 1 is 1.31 bits per heavy atom. The van der Waals surface area contributed by atoms with Gasteiger partial charge in [-0.05, 0) is 46.8 Å². The van der Waals surface area contributed by atoms with E-state index in [-0.39, 0.29) is 5.92 Å². The van der Waals surface area contributed by atoms with Gasteiger partial charge in [0, 0.05) is 16.5 Å². The summed E-state index contributed by atoms with van der Waals surface area (Å²) in [5.74, 6) is 0.309. The molecule has 88 valence electrons. The van der Waals surface area contributed by atoms with Crippen molar-refractivity contribution in [1.82, 2.24) is 5.32 Å². The second-order valence-electron chi connectivity index (χ2n) is 3.73. The first-order valence-electron chi connectivity index (χ1n) is 5.67. The fourth-order valence-corrected chi connectivity index (χ4v) is 2.01. The van der Waals surface area contributed by atoms with Gasteiger partial charge in [-0.1, -0.05) is 26.0 Å². The number of hydrogen-bond acceptors (Lipinski definition) is 2. The highest BCUT2D eigenvalue weighted by Gasteiger charge is 2.17. The van der Waals surface area contributed by atoms with E-state index in [0.717, 1.165) is 18.7 Å². The first-order valence-corrected chi connectivity index (χ1v) is 6.75. The van der Waals surface area contributed by atoms with Crippen LogP contribution in [0.3, 0.4) is 0 Å². The minimum atomic E-state index is 0.00181. The third-order valence-electron chi connectivity index (χ3n) is 2.61. The highest BCUT2D eigenvalue weighted by atomic mass is 127. The zero-order chi connectivity index (χ0) is 12.0. The van der Waals surface area contributed by atoms with Gasteiger partial charge in [-0.3, -0.25) is 4.79 Å². The number of nitrogens with one attached hydrogen (secondary N) is 1. The van der Waals surface area contributed by atoms with E-state index in [2.05, 4.69) is 59.1 Å². The summed E-state index contributed by atoms with van der Waals surface area (Å²) in [6, 6.07) is 8.21. The van der Waals surface area contributed by atoms with Gasteiger partial charge in [0.2, 0.25) is 0 Å². The molecule has 1 rings (SSSR count). The Bertz CT molecular complexity index is 334. The van der Waals surface area contributed by atoms with Crippen molar-refractivity contribution in [3.8, 4) is 0 Å². The Morgan fingerprint density at radius 3 is 2.44 bits per heavy atom. The number of carbonyl (C=O) groups is 1. The van der Waals surface area contributed by atoms with E-state index in [4.69, 9.17) is 0 Å². The third kappa shape index (κ3) is 3.87. The van der Waals surface area contributed by atoms with Gasteiger partial charge in [0.15, 0.2) is 0 Å². The van der Waals surface area contributed by atoms with Gasteiger partial charge < -0.3 is 5.32 Å². The normalized spacial score (nSPS) is 12.4. The largest absolute Gasteiger partial charge is 0.316 e. The molecule has 0 aliphatic heterocycles. The monoisotopic (exact) mass is 331 g/mol. The zero-order valence-electron chi connectivity index (χ0n) is 9.79. The Balaban J connectivity index is 2.82. The lowest BCUT2D eigenvalue weighted by Crippen LogP contribution is -2.26. The molecule has 0 aromatic heterocycles. The van der Waals surface area contributed by atoms with Crippen molar-refractivity contribution in [2.24, 2.45) is 0 Å². The van der Waals surface area contributed by atoms with Crippen LogP contribution in [0.5, 0.6) is 0 Å². The van der Waals surface area contributed by atoms with Gasteiger partial charge >= 0.3 is 0 Å². The molecule has 1 aromatic carbocycles. The van der Waals surface area contributed by atoms with Gasteiger partial charge in [0.05, 0.1) is 5.92 Å². The van der Waals surface area contributed by atoms with Crippen molar-refractivity contribution in [2.45, 2.75) is 26.2 Å². The van der Waals surface area contributed by atoms with Crippen LogP contribution in [-0.4, -0.2) is 18.9 Å². The number of rotatable bonds is 6. The van der Waals surface area contributed by atoms with E-state index in [1.807, 2.05) is 6.92 Å². The summed E-state index contributed by atoms with van der Waals surface area (Å²) in [6.07, 6.45) is 0.599. The fourth-order valence-electron chi connectivity index (χ4n) is 1.65. The summed E-state index contributed by atoms with van der Waals surface area (Å²) >= 11 is 2.27. The Labute approximate surface area is 111 Å². The molecular weight excluding hydrogens is 313 g/mol. The first kappa shape index (κ1) is 13.6. The average Bonchev–Trinajstić information content (AvgIpc) is 2.31. The van der Waals surface area contributed by atoms with E-state index < -0.39 is 0 Å². The van der Waals surface area contributed by atoms with E-state index in [1.165, 1.54) is 3.57 Å². The second kappa shape index (κ2) is 7.01. The van der Waals surface area contributed by atoms with Crippen LogP contribution < -0.4 is 5.32 Å². The summed E-state index contributed by atoms with van der Waals surface area (Å²) < 4.78 is 1.20. The molecule has 0 saturated carbocycles. The molecule has 0 aliphatic rings. The van der Waals surface area contributed by atoms with E-state index in [9.17, 15) is 4.79 Å². The van der Waals surface area contributed by atoms with Crippen LogP contribution in [-0.2, 0) is 4.79 Å². The summed E-state index contributed by atoms with van der Waals surface area (Å²) in [7, 11) is 0. The zero-order valence-corrected chi connectivity index (χ0v) is 12.0. The number of hydrogen-bond donors (Lipinski definition) is 1. The Kier molecular flexibility index (Phi) is 5.98. The predicted molar refractivity (Wildman–Crippen MR) is 75.7 cm³/mol. The molecule has 0 heterocycles. The van der Waals surface area contributed by atoms with Crippen LogP contribution in [0, 0.1) is 3.57 Å². The maximum absolute atomic E-state index is 11.9. The summed E-state index contributed by atoms with van der Waals surface area (Å²) in [5, 5.41) is 3.25. The van der Waals surface area contributed by atoms with Crippen LogP contribution in [0.15, 0.2) is 24.3 Å². The Hall–Kier alpha value is -0.420. The molecule has 1 atom stereocenters. The Morgan fingerprint density at radius 2 is 1.94 bits per heavy atom. The van der Waals surface area contributed by atoms with Crippen LogP contribution >= 0.6 is 22.6 Å². The van der Waals surface area contributed by atoms with Crippen molar-refractivity contribution in [3.05, 3.63) is 33.4 Å². The minimum absolute atomic E-state index is 0.00181. The van der Waals surface area contributed by atoms with Gasteiger partial charge in [-0.15, -0.1) is 0 Å². The highest BCUT2D eigenvalue weighted by molar-refractivity contribution is 14.1. The SMILES string of the molecule is CCNCC(C(=O)CC)c1ccc(I)cc1. The number of halogens is 1. The lowest BCUT2D eigenvalue weighted by atomic mass is 9.93. The number of ketones is 1. The van der Waals surface area contributed by atoms with Gasteiger partial charge in [0.25, 0.3) is 0 Å². The number of likely N-dealkylation sites (N-methyl/N-ethyl adjacent to an activating group) is 1. The van der Waals surface area contributed by atoms with Crippen molar-refractivity contribution in [1.29, 1.82) is 0 Å². The predicted octanol–water partition coefficient (Wildman–Crippen LogP) is 2.96. The van der Waals surface area contributed by atoms with E-state index in [1.54, 1.807) is 0 Å². The molecule has 16 heavy (non-hydrogen) atoms. The molecule has 0 amide bonds.